The quantitative estimate of drug-likeness (QED) is 0.849. The topological polar surface area (TPSA) is 47.3 Å². The molecule has 1 aromatic rings. The zero-order chi connectivity index (χ0) is 12.8. The molecule has 0 fully saturated rings. The molecular weight excluding hydrogens is 280 g/mol. The smallest absolute Gasteiger partial charge is 0.133 e. The lowest BCUT2D eigenvalue weighted by molar-refractivity contribution is 0.411. The second kappa shape index (κ2) is 6.99. The molecule has 96 valence electrons. The van der Waals surface area contributed by atoms with Crippen molar-refractivity contribution in [1.82, 2.24) is 5.32 Å². The molecule has 4 heteroatoms. The first-order valence-corrected chi connectivity index (χ1v) is 6.64. The van der Waals surface area contributed by atoms with Gasteiger partial charge in [-0.15, -0.1) is 0 Å². The molecule has 1 unspecified atom stereocenters. The molecule has 0 heterocycles. The summed E-state index contributed by atoms with van der Waals surface area (Å²) in [4.78, 5) is 0. The zero-order valence-electron chi connectivity index (χ0n) is 10.7. The van der Waals surface area contributed by atoms with Crippen LogP contribution in [0.1, 0.15) is 25.5 Å². The third-order valence-electron chi connectivity index (χ3n) is 2.59. The maximum absolute atomic E-state index is 5.80. The Labute approximate surface area is 112 Å². The standard InChI is InChI=1S/C13H21BrN2O/c1-9(2)8-16-12(7-15)10-4-5-13(17-3)11(14)6-10/h4-6,9,12,16H,7-8,15H2,1-3H3. The average Bonchev–Trinajstić information content (AvgIpc) is 2.29. The van der Waals surface area contributed by atoms with Gasteiger partial charge in [0.15, 0.2) is 0 Å². The van der Waals surface area contributed by atoms with Gasteiger partial charge in [0.05, 0.1) is 11.6 Å². The summed E-state index contributed by atoms with van der Waals surface area (Å²) in [5, 5.41) is 3.46. The number of rotatable bonds is 6. The summed E-state index contributed by atoms with van der Waals surface area (Å²) in [7, 11) is 1.66. The molecule has 3 N–H and O–H groups in total. The van der Waals surface area contributed by atoms with Crippen LogP contribution < -0.4 is 15.8 Å². The first-order valence-electron chi connectivity index (χ1n) is 5.85. The van der Waals surface area contributed by atoms with E-state index in [0.29, 0.717) is 12.5 Å². The Kier molecular flexibility index (Phi) is 5.95. The maximum Gasteiger partial charge on any atom is 0.133 e. The van der Waals surface area contributed by atoms with Gasteiger partial charge >= 0.3 is 0 Å². The van der Waals surface area contributed by atoms with E-state index in [2.05, 4.69) is 47.2 Å². The lowest BCUT2D eigenvalue weighted by Gasteiger charge is -2.19. The van der Waals surface area contributed by atoms with Crippen LogP contribution in [0.2, 0.25) is 0 Å². The molecule has 0 aliphatic heterocycles. The largest absolute Gasteiger partial charge is 0.496 e. The van der Waals surface area contributed by atoms with Crippen molar-refractivity contribution in [2.24, 2.45) is 11.7 Å². The van der Waals surface area contributed by atoms with Gasteiger partial charge < -0.3 is 15.8 Å². The number of methoxy groups -OCH3 is 1. The molecule has 0 amide bonds. The van der Waals surface area contributed by atoms with Crippen molar-refractivity contribution in [2.45, 2.75) is 19.9 Å². The molecule has 1 atom stereocenters. The summed E-state index contributed by atoms with van der Waals surface area (Å²) >= 11 is 3.49. The third kappa shape index (κ3) is 4.30. The van der Waals surface area contributed by atoms with Crippen molar-refractivity contribution in [2.75, 3.05) is 20.2 Å². The summed E-state index contributed by atoms with van der Waals surface area (Å²) in [5.74, 6) is 1.46. The van der Waals surface area contributed by atoms with Crippen LogP contribution in [0.4, 0.5) is 0 Å². The molecule has 0 aliphatic carbocycles. The van der Waals surface area contributed by atoms with Crippen LogP contribution in [0.15, 0.2) is 22.7 Å². The predicted molar refractivity (Wildman–Crippen MR) is 75.3 cm³/mol. The van der Waals surface area contributed by atoms with Crippen LogP contribution in [0, 0.1) is 5.92 Å². The Hall–Kier alpha value is -0.580. The van der Waals surface area contributed by atoms with Crippen LogP contribution in [0.3, 0.4) is 0 Å². The Morgan fingerprint density at radius 3 is 2.59 bits per heavy atom. The number of benzene rings is 1. The number of hydrogen-bond acceptors (Lipinski definition) is 3. The molecule has 0 bridgehead atoms. The van der Waals surface area contributed by atoms with Gasteiger partial charge in [0.1, 0.15) is 5.75 Å². The number of hydrogen-bond donors (Lipinski definition) is 2. The van der Waals surface area contributed by atoms with Gasteiger partial charge in [0.2, 0.25) is 0 Å². The van der Waals surface area contributed by atoms with E-state index in [0.717, 1.165) is 16.8 Å². The highest BCUT2D eigenvalue weighted by molar-refractivity contribution is 9.10. The summed E-state index contributed by atoms with van der Waals surface area (Å²) < 4.78 is 6.17. The van der Waals surface area contributed by atoms with Crippen LogP contribution in [0.25, 0.3) is 0 Å². The van der Waals surface area contributed by atoms with Gasteiger partial charge in [-0.1, -0.05) is 19.9 Å². The number of nitrogens with two attached hydrogens (primary N) is 1. The lowest BCUT2D eigenvalue weighted by Crippen LogP contribution is -2.30. The van der Waals surface area contributed by atoms with E-state index in [-0.39, 0.29) is 6.04 Å². The maximum atomic E-state index is 5.80. The summed E-state index contributed by atoms with van der Waals surface area (Å²) in [6.07, 6.45) is 0. The molecule has 1 aromatic carbocycles. The first-order chi connectivity index (χ1) is 8.08. The van der Waals surface area contributed by atoms with Crippen molar-refractivity contribution in [3.63, 3.8) is 0 Å². The highest BCUT2D eigenvalue weighted by atomic mass is 79.9. The molecule has 0 aliphatic rings. The molecule has 0 saturated heterocycles. The summed E-state index contributed by atoms with van der Waals surface area (Å²) in [6.45, 7) is 5.92. The van der Waals surface area contributed by atoms with E-state index in [9.17, 15) is 0 Å². The van der Waals surface area contributed by atoms with Crippen LogP contribution in [-0.2, 0) is 0 Å². The van der Waals surface area contributed by atoms with Crippen LogP contribution in [-0.4, -0.2) is 20.2 Å². The van der Waals surface area contributed by atoms with E-state index in [1.807, 2.05) is 6.07 Å². The van der Waals surface area contributed by atoms with Crippen molar-refractivity contribution < 1.29 is 4.74 Å². The monoisotopic (exact) mass is 300 g/mol. The Balaban J connectivity index is 2.78. The van der Waals surface area contributed by atoms with Gasteiger partial charge in [0.25, 0.3) is 0 Å². The molecule has 3 nitrogen and oxygen atoms in total. The van der Waals surface area contributed by atoms with E-state index in [1.165, 1.54) is 5.56 Å². The minimum Gasteiger partial charge on any atom is -0.496 e. The minimum absolute atomic E-state index is 0.194. The van der Waals surface area contributed by atoms with E-state index in [4.69, 9.17) is 10.5 Å². The van der Waals surface area contributed by atoms with E-state index >= 15 is 0 Å². The molecule has 0 spiro atoms. The fraction of sp³-hybridized carbons (Fsp3) is 0.538. The Morgan fingerprint density at radius 2 is 2.12 bits per heavy atom. The molecule has 0 saturated carbocycles. The lowest BCUT2D eigenvalue weighted by atomic mass is 10.1. The second-order valence-corrected chi connectivity index (χ2v) is 5.34. The van der Waals surface area contributed by atoms with Gasteiger partial charge in [-0.25, -0.2) is 0 Å². The number of nitrogens with one attached hydrogen (secondary N) is 1. The van der Waals surface area contributed by atoms with Crippen molar-refractivity contribution in [1.29, 1.82) is 0 Å². The first kappa shape index (κ1) is 14.5. The van der Waals surface area contributed by atoms with Crippen molar-refractivity contribution >= 4 is 15.9 Å². The molecule has 0 radical (unpaired) electrons. The summed E-state index contributed by atoms with van der Waals surface area (Å²) in [6, 6.07) is 6.26. The number of ether oxygens (including phenoxy) is 1. The normalized spacial score (nSPS) is 12.8. The fourth-order valence-electron chi connectivity index (χ4n) is 1.61. The molecule has 0 aromatic heterocycles. The fourth-order valence-corrected chi connectivity index (χ4v) is 2.17. The Morgan fingerprint density at radius 1 is 1.41 bits per heavy atom. The van der Waals surface area contributed by atoms with Crippen molar-refractivity contribution in [3.05, 3.63) is 28.2 Å². The highest BCUT2D eigenvalue weighted by Crippen LogP contribution is 2.27. The average molecular weight is 301 g/mol. The van der Waals surface area contributed by atoms with Crippen LogP contribution in [0.5, 0.6) is 5.75 Å². The van der Waals surface area contributed by atoms with Gasteiger partial charge in [-0.05, 0) is 46.1 Å². The third-order valence-corrected chi connectivity index (χ3v) is 3.21. The molecule has 1 rings (SSSR count). The molecular formula is C13H21BrN2O. The van der Waals surface area contributed by atoms with E-state index in [1.54, 1.807) is 7.11 Å². The van der Waals surface area contributed by atoms with Crippen LogP contribution >= 0.6 is 15.9 Å². The van der Waals surface area contributed by atoms with Gasteiger partial charge in [-0.3, -0.25) is 0 Å². The van der Waals surface area contributed by atoms with Gasteiger partial charge in [0, 0.05) is 12.6 Å². The Bertz CT molecular complexity index is 355. The molecule has 17 heavy (non-hydrogen) atoms. The predicted octanol–water partition coefficient (Wildman–Crippen LogP) is 2.70. The van der Waals surface area contributed by atoms with Gasteiger partial charge in [-0.2, -0.15) is 0 Å². The summed E-state index contributed by atoms with van der Waals surface area (Å²) in [5.41, 5.74) is 6.98. The SMILES string of the molecule is COc1ccc(C(CN)NCC(C)C)cc1Br. The van der Waals surface area contributed by atoms with E-state index < -0.39 is 0 Å². The van der Waals surface area contributed by atoms with Crippen molar-refractivity contribution in [3.8, 4) is 5.75 Å². The zero-order valence-corrected chi connectivity index (χ0v) is 12.3. The number of halogens is 1. The minimum atomic E-state index is 0.194. The highest BCUT2D eigenvalue weighted by Gasteiger charge is 2.11. The second-order valence-electron chi connectivity index (χ2n) is 4.48.